The summed E-state index contributed by atoms with van der Waals surface area (Å²) in [6.07, 6.45) is 4.30. The summed E-state index contributed by atoms with van der Waals surface area (Å²) in [5.41, 5.74) is 2.09. The molecule has 3 aromatic rings. The molecule has 27 heavy (non-hydrogen) atoms. The molecule has 0 saturated carbocycles. The zero-order valence-electron chi connectivity index (χ0n) is 14.9. The minimum absolute atomic E-state index is 0.165. The van der Waals surface area contributed by atoms with Crippen LogP contribution in [-0.4, -0.2) is 35.4 Å². The van der Waals surface area contributed by atoms with Crippen LogP contribution in [0.5, 0.6) is 0 Å². The van der Waals surface area contributed by atoms with Crippen molar-refractivity contribution in [2.24, 2.45) is 0 Å². The highest BCUT2D eigenvalue weighted by Gasteiger charge is 2.23. The van der Waals surface area contributed by atoms with Gasteiger partial charge in [0.25, 0.3) is 5.91 Å². The van der Waals surface area contributed by atoms with E-state index in [1.54, 1.807) is 17.9 Å². The molecule has 3 rings (SSSR count). The van der Waals surface area contributed by atoms with E-state index in [9.17, 15) is 14.9 Å². The molecule has 0 saturated heterocycles. The Balaban J connectivity index is 1.69. The quantitative estimate of drug-likeness (QED) is 0.504. The number of nitrogens with one attached hydrogen (secondary N) is 1. The van der Waals surface area contributed by atoms with E-state index >= 15 is 0 Å². The van der Waals surface area contributed by atoms with Crippen molar-refractivity contribution in [3.63, 3.8) is 0 Å². The maximum absolute atomic E-state index is 12.5. The first-order chi connectivity index (χ1) is 13.0. The highest BCUT2D eigenvalue weighted by Crippen LogP contribution is 2.17. The van der Waals surface area contributed by atoms with Gasteiger partial charge in [0.1, 0.15) is 24.8 Å². The average Bonchev–Trinajstić information content (AvgIpc) is 3.28. The van der Waals surface area contributed by atoms with Gasteiger partial charge in [0.05, 0.1) is 11.5 Å². The van der Waals surface area contributed by atoms with Crippen LogP contribution in [0.25, 0.3) is 0 Å². The summed E-state index contributed by atoms with van der Waals surface area (Å²) >= 11 is 0. The Morgan fingerprint density at radius 2 is 2.15 bits per heavy atom. The number of carbonyl (C=O) groups excluding carboxylic acids is 1. The smallest absolute Gasteiger partial charge is 0.291 e. The SMILES string of the molecule is CCC(C(=O)Nc1ncn(Cc2ccccc2C)n1)n1cc([N+](=O)[O-])cn1. The van der Waals surface area contributed by atoms with Gasteiger partial charge in [-0.1, -0.05) is 31.2 Å². The monoisotopic (exact) mass is 369 g/mol. The van der Waals surface area contributed by atoms with E-state index in [1.807, 2.05) is 31.2 Å². The Hall–Kier alpha value is -3.56. The van der Waals surface area contributed by atoms with Gasteiger partial charge in [-0.15, -0.1) is 5.10 Å². The molecule has 0 bridgehead atoms. The van der Waals surface area contributed by atoms with Crippen molar-refractivity contribution in [2.45, 2.75) is 32.9 Å². The molecule has 1 aromatic carbocycles. The Morgan fingerprint density at radius 1 is 1.37 bits per heavy atom. The predicted molar refractivity (Wildman–Crippen MR) is 97.1 cm³/mol. The van der Waals surface area contributed by atoms with E-state index < -0.39 is 11.0 Å². The molecule has 1 N–H and O–H groups in total. The standard InChI is InChI=1S/C17H19N7O3/c1-3-15(23-10-14(8-19-23)24(26)27)16(25)20-17-18-11-22(21-17)9-13-7-5-4-6-12(13)2/h4-8,10-11,15H,3,9H2,1-2H3,(H,20,21,25). The molecule has 10 heteroatoms. The van der Waals surface area contributed by atoms with Gasteiger partial charge < -0.3 is 0 Å². The van der Waals surface area contributed by atoms with Gasteiger partial charge in [-0.25, -0.2) is 9.67 Å². The van der Waals surface area contributed by atoms with E-state index in [0.29, 0.717) is 13.0 Å². The number of carbonyl (C=O) groups is 1. The van der Waals surface area contributed by atoms with Crippen molar-refractivity contribution in [1.82, 2.24) is 24.5 Å². The normalized spacial score (nSPS) is 11.9. The Bertz CT molecular complexity index is 963. The van der Waals surface area contributed by atoms with Gasteiger partial charge >= 0.3 is 5.69 Å². The second-order valence-corrected chi connectivity index (χ2v) is 6.04. The number of amides is 1. The van der Waals surface area contributed by atoms with Gasteiger partial charge in [0.2, 0.25) is 5.95 Å². The number of hydrogen-bond donors (Lipinski definition) is 1. The molecule has 0 aliphatic rings. The van der Waals surface area contributed by atoms with Crippen LogP contribution in [0.4, 0.5) is 11.6 Å². The number of nitro groups is 1. The zero-order valence-corrected chi connectivity index (χ0v) is 14.9. The molecule has 0 spiro atoms. The lowest BCUT2D eigenvalue weighted by molar-refractivity contribution is -0.385. The maximum atomic E-state index is 12.5. The van der Waals surface area contributed by atoms with Crippen LogP contribution in [0.3, 0.4) is 0 Å². The van der Waals surface area contributed by atoms with Gasteiger partial charge in [-0.05, 0) is 24.5 Å². The minimum Gasteiger partial charge on any atom is -0.291 e. The fraction of sp³-hybridized carbons (Fsp3) is 0.294. The highest BCUT2D eigenvalue weighted by atomic mass is 16.6. The van der Waals surface area contributed by atoms with Crippen LogP contribution >= 0.6 is 0 Å². The van der Waals surface area contributed by atoms with E-state index in [0.717, 1.165) is 17.3 Å². The Labute approximate surface area is 155 Å². The van der Waals surface area contributed by atoms with Gasteiger partial charge in [-0.3, -0.25) is 24.9 Å². The second-order valence-electron chi connectivity index (χ2n) is 6.04. The molecule has 10 nitrogen and oxygen atoms in total. The third-order valence-electron chi connectivity index (χ3n) is 4.17. The minimum atomic E-state index is -0.693. The molecule has 140 valence electrons. The lowest BCUT2D eigenvalue weighted by Crippen LogP contribution is -2.26. The summed E-state index contributed by atoms with van der Waals surface area (Å²) in [5, 5.41) is 21.6. The molecule has 1 amide bonds. The van der Waals surface area contributed by atoms with Gasteiger partial charge in [-0.2, -0.15) is 5.10 Å². The van der Waals surface area contributed by atoms with Gasteiger partial charge in [0, 0.05) is 0 Å². The molecule has 2 aromatic heterocycles. The third-order valence-corrected chi connectivity index (χ3v) is 4.17. The number of nitrogens with zero attached hydrogens (tertiary/aromatic N) is 6. The highest BCUT2D eigenvalue weighted by molar-refractivity contribution is 5.92. The fourth-order valence-electron chi connectivity index (χ4n) is 2.67. The third kappa shape index (κ3) is 4.17. The second kappa shape index (κ2) is 7.77. The summed E-state index contributed by atoms with van der Waals surface area (Å²) in [7, 11) is 0. The summed E-state index contributed by atoms with van der Waals surface area (Å²) < 4.78 is 2.91. The number of anilines is 1. The first-order valence-corrected chi connectivity index (χ1v) is 8.41. The lowest BCUT2D eigenvalue weighted by Gasteiger charge is -2.13. The van der Waals surface area contributed by atoms with E-state index in [4.69, 9.17) is 0 Å². The summed E-state index contributed by atoms with van der Waals surface area (Å²) in [6, 6.07) is 7.26. The van der Waals surface area contributed by atoms with Crippen LogP contribution < -0.4 is 5.32 Å². The molecule has 2 heterocycles. The molecular formula is C17H19N7O3. The summed E-state index contributed by atoms with van der Waals surface area (Å²) in [6.45, 7) is 4.35. The molecule has 0 radical (unpaired) electrons. The number of rotatable bonds is 7. The molecule has 1 unspecified atom stereocenters. The van der Waals surface area contributed by atoms with Crippen molar-refractivity contribution in [3.05, 3.63) is 64.2 Å². The van der Waals surface area contributed by atoms with Gasteiger partial charge in [0.15, 0.2) is 0 Å². The number of benzene rings is 1. The Kier molecular flexibility index (Phi) is 5.25. The number of hydrogen-bond acceptors (Lipinski definition) is 6. The van der Waals surface area contributed by atoms with Crippen LogP contribution in [0.15, 0.2) is 43.0 Å². The molecular weight excluding hydrogens is 350 g/mol. The first-order valence-electron chi connectivity index (χ1n) is 8.41. The molecule has 0 aliphatic carbocycles. The van der Waals surface area contributed by atoms with Crippen LogP contribution in [0.1, 0.15) is 30.5 Å². The number of aryl methyl sites for hydroxylation is 1. The molecule has 0 fully saturated rings. The van der Waals surface area contributed by atoms with Crippen LogP contribution in [-0.2, 0) is 11.3 Å². The Morgan fingerprint density at radius 3 is 2.81 bits per heavy atom. The van der Waals surface area contributed by atoms with Crippen molar-refractivity contribution < 1.29 is 9.72 Å². The lowest BCUT2D eigenvalue weighted by atomic mass is 10.1. The number of aromatic nitrogens is 5. The topological polar surface area (TPSA) is 121 Å². The summed E-state index contributed by atoms with van der Waals surface area (Å²) in [5.74, 6) is -0.210. The molecule has 1 atom stereocenters. The van der Waals surface area contributed by atoms with E-state index in [-0.39, 0.29) is 17.5 Å². The largest absolute Gasteiger partial charge is 0.307 e. The summed E-state index contributed by atoms with van der Waals surface area (Å²) in [4.78, 5) is 26.9. The maximum Gasteiger partial charge on any atom is 0.307 e. The first kappa shape index (κ1) is 18.2. The van der Waals surface area contributed by atoms with E-state index in [1.165, 1.54) is 10.9 Å². The zero-order chi connectivity index (χ0) is 19.4. The van der Waals surface area contributed by atoms with Crippen molar-refractivity contribution in [1.29, 1.82) is 0 Å². The molecule has 0 aliphatic heterocycles. The average molecular weight is 369 g/mol. The van der Waals surface area contributed by atoms with Crippen LogP contribution in [0, 0.1) is 17.0 Å². The van der Waals surface area contributed by atoms with Crippen molar-refractivity contribution >= 4 is 17.5 Å². The van der Waals surface area contributed by atoms with Crippen LogP contribution in [0.2, 0.25) is 0 Å². The van der Waals surface area contributed by atoms with Crippen molar-refractivity contribution in [3.8, 4) is 0 Å². The van der Waals surface area contributed by atoms with Crippen molar-refractivity contribution in [2.75, 3.05) is 5.32 Å². The van der Waals surface area contributed by atoms with E-state index in [2.05, 4.69) is 20.5 Å². The predicted octanol–water partition coefficient (Wildman–Crippen LogP) is 2.33. The fourth-order valence-corrected chi connectivity index (χ4v) is 2.67.